The zero-order chi connectivity index (χ0) is 10.6. The number of hydrogen-bond acceptors (Lipinski definition) is 2. The molecule has 0 amide bonds. The summed E-state index contributed by atoms with van der Waals surface area (Å²) >= 11 is 6.06. The summed E-state index contributed by atoms with van der Waals surface area (Å²) in [6.45, 7) is 5.87. The van der Waals surface area contributed by atoms with Gasteiger partial charge in [-0.1, -0.05) is 25.4 Å². The van der Waals surface area contributed by atoms with Crippen LogP contribution < -0.4 is 5.73 Å². The van der Waals surface area contributed by atoms with Crippen molar-refractivity contribution in [3.63, 3.8) is 0 Å². The van der Waals surface area contributed by atoms with Crippen molar-refractivity contribution in [3.05, 3.63) is 16.9 Å². The number of aromatic nitrogens is 2. The largest absolute Gasteiger partial charge is 0.330 e. The topological polar surface area (TPSA) is 43.8 Å². The average Bonchev–Trinajstić information content (AvgIpc) is 2.50. The van der Waals surface area contributed by atoms with Crippen molar-refractivity contribution in [1.82, 2.24) is 9.78 Å². The maximum Gasteiger partial charge on any atom is 0.0817 e. The Hall–Kier alpha value is -0.540. The van der Waals surface area contributed by atoms with E-state index in [2.05, 4.69) is 18.9 Å². The van der Waals surface area contributed by atoms with E-state index >= 15 is 0 Å². The molecular formula is C10H18ClN3. The molecule has 4 heteroatoms. The van der Waals surface area contributed by atoms with E-state index in [1.165, 1.54) is 0 Å². The van der Waals surface area contributed by atoms with Gasteiger partial charge in [-0.05, 0) is 25.3 Å². The Morgan fingerprint density at radius 2 is 2.36 bits per heavy atom. The molecule has 0 aliphatic carbocycles. The van der Waals surface area contributed by atoms with E-state index in [1.807, 2.05) is 4.68 Å². The number of halogens is 1. The first kappa shape index (κ1) is 11.5. The fourth-order valence-corrected chi connectivity index (χ4v) is 1.63. The second-order valence-electron chi connectivity index (χ2n) is 3.71. The third-order valence-electron chi connectivity index (χ3n) is 2.28. The van der Waals surface area contributed by atoms with E-state index in [1.54, 1.807) is 6.20 Å². The van der Waals surface area contributed by atoms with Crippen molar-refractivity contribution in [3.8, 4) is 0 Å². The van der Waals surface area contributed by atoms with E-state index < -0.39 is 0 Å². The zero-order valence-corrected chi connectivity index (χ0v) is 9.59. The van der Waals surface area contributed by atoms with Gasteiger partial charge in [-0.25, -0.2) is 0 Å². The van der Waals surface area contributed by atoms with Crippen LogP contribution in [-0.4, -0.2) is 16.3 Å². The quantitative estimate of drug-likeness (QED) is 0.818. The van der Waals surface area contributed by atoms with Crippen molar-refractivity contribution < 1.29 is 0 Å². The van der Waals surface area contributed by atoms with Crippen molar-refractivity contribution in [2.24, 2.45) is 11.7 Å². The van der Waals surface area contributed by atoms with E-state index in [0.717, 1.165) is 30.1 Å². The molecule has 1 aromatic heterocycles. The van der Waals surface area contributed by atoms with Gasteiger partial charge in [0.2, 0.25) is 0 Å². The normalized spacial score (nSPS) is 13.1. The highest BCUT2D eigenvalue weighted by Gasteiger charge is 2.11. The number of nitrogens with zero attached hydrogens (tertiary/aromatic N) is 2. The first-order valence-electron chi connectivity index (χ1n) is 5.09. The molecule has 0 aliphatic heterocycles. The van der Waals surface area contributed by atoms with Crippen LogP contribution in [0.15, 0.2) is 6.20 Å². The van der Waals surface area contributed by atoms with Crippen LogP contribution in [-0.2, 0) is 13.0 Å². The molecular weight excluding hydrogens is 198 g/mol. The van der Waals surface area contributed by atoms with Crippen molar-refractivity contribution in [1.29, 1.82) is 0 Å². The van der Waals surface area contributed by atoms with Gasteiger partial charge in [0.15, 0.2) is 0 Å². The highest BCUT2D eigenvalue weighted by Crippen LogP contribution is 2.18. The van der Waals surface area contributed by atoms with Gasteiger partial charge in [0.25, 0.3) is 0 Å². The highest BCUT2D eigenvalue weighted by molar-refractivity contribution is 6.31. The molecule has 0 aromatic carbocycles. The minimum Gasteiger partial charge on any atom is -0.330 e. The second-order valence-corrected chi connectivity index (χ2v) is 4.11. The Morgan fingerprint density at radius 1 is 1.64 bits per heavy atom. The molecule has 0 saturated carbocycles. The van der Waals surface area contributed by atoms with Crippen molar-refractivity contribution >= 4 is 11.6 Å². The van der Waals surface area contributed by atoms with Crippen LogP contribution in [0.1, 0.15) is 26.0 Å². The summed E-state index contributed by atoms with van der Waals surface area (Å²) in [5.41, 5.74) is 6.71. The fourth-order valence-electron chi connectivity index (χ4n) is 1.41. The Bertz CT molecular complexity index is 283. The number of rotatable bonds is 5. The molecule has 2 N–H and O–H groups in total. The molecule has 0 spiro atoms. The molecule has 1 unspecified atom stereocenters. The number of aryl methyl sites for hydroxylation is 1. The Balaban J connectivity index is 2.76. The summed E-state index contributed by atoms with van der Waals surface area (Å²) < 4.78 is 1.98. The first-order valence-corrected chi connectivity index (χ1v) is 5.47. The van der Waals surface area contributed by atoms with E-state index in [4.69, 9.17) is 17.3 Å². The molecule has 0 radical (unpaired) electrons. The van der Waals surface area contributed by atoms with Gasteiger partial charge in [-0.2, -0.15) is 5.10 Å². The zero-order valence-electron chi connectivity index (χ0n) is 8.83. The first-order chi connectivity index (χ1) is 6.69. The third kappa shape index (κ3) is 2.72. The summed E-state index contributed by atoms with van der Waals surface area (Å²) in [6, 6.07) is 0. The maximum atomic E-state index is 6.06. The van der Waals surface area contributed by atoms with Gasteiger partial charge in [0.1, 0.15) is 0 Å². The van der Waals surface area contributed by atoms with Crippen LogP contribution in [0.25, 0.3) is 0 Å². The monoisotopic (exact) mass is 215 g/mol. The highest BCUT2D eigenvalue weighted by atomic mass is 35.5. The van der Waals surface area contributed by atoms with Gasteiger partial charge < -0.3 is 5.73 Å². The predicted molar refractivity (Wildman–Crippen MR) is 59.5 cm³/mol. The fraction of sp³-hybridized carbons (Fsp3) is 0.700. The molecule has 0 fully saturated rings. The van der Waals surface area contributed by atoms with Gasteiger partial charge >= 0.3 is 0 Å². The van der Waals surface area contributed by atoms with E-state index in [0.29, 0.717) is 12.5 Å². The molecule has 14 heavy (non-hydrogen) atoms. The molecule has 3 nitrogen and oxygen atoms in total. The van der Waals surface area contributed by atoms with Crippen LogP contribution >= 0.6 is 11.6 Å². The predicted octanol–water partition coefficient (Wildman–Crippen LogP) is 2.08. The Morgan fingerprint density at radius 3 is 2.93 bits per heavy atom. The molecule has 0 bridgehead atoms. The SMILES string of the molecule is CCCn1ncc(Cl)c1CC(C)CN. The van der Waals surface area contributed by atoms with Crippen LogP contribution in [0, 0.1) is 5.92 Å². The minimum absolute atomic E-state index is 0.458. The summed E-state index contributed by atoms with van der Waals surface area (Å²) in [5, 5.41) is 5.00. The lowest BCUT2D eigenvalue weighted by Gasteiger charge is -2.10. The molecule has 1 atom stereocenters. The molecule has 1 aromatic rings. The smallest absolute Gasteiger partial charge is 0.0817 e. The lowest BCUT2D eigenvalue weighted by atomic mass is 10.1. The number of hydrogen-bond donors (Lipinski definition) is 1. The van der Waals surface area contributed by atoms with Crippen LogP contribution in [0.3, 0.4) is 0 Å². The Labute approximate surface area is 90.2 Å². The van der Waals surface area contributed by atoms with E-state index in [9.17, 15) is 0 Å². The van der Waals surface area contributed by atoms with Crippen molar-refractivity contribution in [2.75, 3.05) is 6.54 Å². The standard InChI is InChI=1S/C10H18ClN3/c1-3-4-14-10(5-8(2)6-12)9(11)7-13-14/h7-8H,3-6,12H2,1-2H3. The lowest BCUT2D eigenvalue weighted by Crippen LogP contribution is -2.16. The summed E-state index contributed by atoms with van der Waals surface area (Å²) in [7, 11) is 0. The molecule has 0 saturated heterocycles. The van der Waals surface area contributed by atoms with Crippen LogP contribution in [0.5, 0.6) is 0 Å². The molecule has 0 aliphatic rings. The van der Waals surface area contributed by atoms with Crippen LogP contribution in [0.2, 0.25) is 5.02 Å². The Kier molecular flexibility index (Phi) is 4.42. The molecule has 1 heterocycles. The van der Waals surface area contributed by atoms with Crippen molar-refractivity contribution in [2.45, 2.75) is 33.2 Å². The summed E-state index contributed by atoms with van der Waals surface area (Å²) in [6.07, 6.45) is 3.70. The second kappa shape index (κ2) is 5.37. The van der Waals surface area contributed by atoms with Gasteiger partial charge in [-0.3, -0.25) is 4.68 Å². The lowest BCUT2D eigenvalue weighted by molar-refractivity contribution is 0.521. The summed E-state index contributed by atoms with van der Waals surface area (Å²) in [4.78, 5) is 0. The molecule has 1 rings (SSSR count). The average molecular weight is 216 g/mol. The summed E-state index contributed by atoms with van der Waals surface area (Å²) in [5.74, 6) is 0.458. The maximum absolute atomic E-state index is 6.06. The van der Waals surface area contributed by atoms with Crippen LogP contribution in [0.4, 0.5) is 0 Å². The number of nitrogens with two attached hydrogens (primary N) is 1. The molecule has 80 valence electrons. The van der Waals surface area contributed by atoms with Gasteiger partial charge in [-0.15, -0.1) is 0 Å². The van der Waals surface area contributed by atoms with Gasteiger partial charge in [0, 0.05) is 6.54 Å². The third-order valence-corrected chi connectivity index (χ3v) is 2.59. The van der Waals surface area contributed by atoms with Gasteiger partial charge in [0.05, 0.1) is 16.9 Å². The van der Waals surface area contributed by atoms with E-state index in [-0.39, 0.29) is 0 Å². The minimum atomic E-state index is 0.458.